The smallest absolute Gasteiger partial charge is 0.250 e. The molecule has 120 valence electrons. The van der Waals surface area contributed by atoms with Crippen molar-refractivity contribution in [2.45, 2.75) is 58.3 Å². The molecule has 1 fully saturated rings. The molecule has 21 heavy (non-hydrogen) atoms. The number of rotatable bonds is 6. The third kappa shape index (κ3) is 2.91. The van der Waals surface area contributed by atoms with Gasteiger partial charge in [-0.2, -0.15) is 0 Å². The topological polar surface area (TPSA) is 58.2 Å². The molecule has 0 aliphatic heterocycles. The first kappa shape index (κ1) is 16.9. The van der Waals surface area contributed by atoms with Crippen molar-refractivity contribution in [2.24, 2.45) is 10.8 Å². The molecule has 2 N–H and O–H groups in total. The lowest BCUT2D eigenvalue weighted by Crippen LogP contribution is -2.29. The Bertz CT molecular complexity index is 616. The van der Waals surface area contributed by atoms with Gasteiger partial charge in [-0.05, 0) is 35.9 Å². The lowest BCUT2D eigenvalue weighted by Gasteiger charge is -2.06. The van der Waals surface area contributed by atoms with Crippen LogP contribution in [0.4, 0.5) is 0 Å². The van der Waals surface area contributed by atoms with Gasteiger partial charge in [0.05, 0.1) is 0 Å². The lowest BCUT2D eigenvalue weighted by molar-refractivity contribution is 0.457. The average Bonchev–Trinajstić information content (AvgIpc) is 2.67. The first-order valence-electron chi connectivity index (χ1n) is 7.36. The van der Waals surface area contributed by atoms with Gasteiger partial charge in [-0.1, -0.05) is 34.6 Å². The van der Waals surface area contributed by atoms with Crippen molar-refractivity contribution in [3.05, 3.63) is 16.5 Å². The molecular weight excluding hydrogens is 304 g/mol. The molecule has 0 saturated heterocycles. The standard InChI is InChI=1S/C15H26N2O2S2/c1-7-16-9-11-10(2)8-12(20-11)21(18,19)17-13-14(3,4)15(13,5)6/h8,13,16-17H,7,9H2,1-6H3. The molecule has 0 spiro atoms. The van der Waals surface area contributed by atoms with Crippen molar-refractivity contribution >= 4 is 21.4 Å². The Hall–Kier alpha value is -0.430. The molecule has 2 rings (SSSR count). The molecule has 0 radical (unpaired) electrons. The van der Waals surface area contributed by atoms with Crippen molar-refractivity contribution in [2.75, 3.05) is 6.54 Å². The molecule has 0 aromatic carbocycles. The second-order valence-corrected chi connectivity index (χ2v) is 10.0. The Morgan fingerprint density at radius 3 is 2.29 bits per heavy atom. The van der Waals surface area contributed by atoms with E-state index in [1.165, 1.54) is 11.3 Å². The molecule has 0 bridgehead atoms. The van der Waals surface area contributed by atoms with E-state index in [0.29, 0.717) is 4.21 Å². The maximum absolute atomic E-state index is 12.6. The Morgan fingerprint density at radius 1 is 1.24 bits per heavy atom. The molecule has 1 aliphatic rings. The highest BCUT2D eigenvalue weighted by molar-refractivity contribution is 7.91. The zero-order valence-electron chi connectivity index (χ0n) is 13.7. The van der Waals surface area contributed by atoms with Gasteiger partial charge < -0.3 is 5.32 Å². The van der Waals surface area contributed by atoms with E-state index in [9.17, 15) is 8.42 Å². The van der Waals surface area contributed by atoms with E-state index < -0.39 is 10.0 Å². The largest absolute Gasteiger partial charge is 0.312 e. The second-order valence-electron chi connectivity index (χ2n) is 6.95. The fourth-order valence-electron chi connectivity index (χ4n) is 2.74. The predicted octanol–water partition coefficient (Wildman–Crippen LogP) is 2.88. The normalized spacial score (nSPS) is 20.7. The van der Waals surface area contributed by atoms with Crippen LogP contribution in [0.25, 0.3) is 0 Å². The molecular formula is C15H26N2O2S2. The quantitative estimate of drug-likeness (QED) is 0.843. The molecule has 1 aliphatic carbocycles. The van der Waals surface area contributed by atoms with Crippen LogP contribution in [0.15, 0.2) is 10.3 Å². The number of hydrogen-bond donors (Lipinski definition) is 2. The summed E-state index contributed by atoms with van der Waals surface area (Å²) in [5, 5.41) is 3.24. The van der Waals surface area contributed by atoms with Gasteiger partial charge >= 0.3 is 0 Å². The number of thiophene rings is 1. The Morgan fingerprint density at radius 2 is 1.81 bits per heavy atom. The summed E-state index contributed by atoms with van der Waals surface area (Å²) in [6, 6.07) is 1.77. The maximum atomic E-state index is 12.6. The summed E-state index contributed by atoms with van der Waals surface area (Å²) in [6.07, 6.45) is 0. The second kappa shape index (κ2) is 5.33. The van der Waals surface area contributed by atoms with Gasteiger partial charge in [-0.25, -0.2) is 13.1 Å². The summed E-state index contributed by atoms with van der Waals surface area (Å²) in [5.74, 6) is 0. The van der Waals surface area contributed by atoms with Crippen LogP contribution in [-0.2, 0) is 16.6 Å². The van der Waals surface area contributed by atoms with Gasteiger partial charge in [0.25, 0.3) is 0 Å². The van der Waals surface area contributed by atoms with E-state index in [-0.39, 0.29) is 16.9 Å². The van der Waals surface area contributed by atoms with E-state index in [1.54, 1.807) is 6.07 Å². The fourth-order valence-corrected chi connectivity index (χ4v) is 5.84. The van der Waals surface area contributed by atoms with Crippen molar-refractivity contribution in [1.29, 1.82) is 0 Å². The van der Waals surface area contributed by atoms with Gasteiger partial charge in [0.1, 0.15) is 4.21 Å². The average molecular weight is 331 g/mol. The minimum atomic E-state index is -3.43. The molecule has 1 heterocycles. The third-order valence-corrected chi connectivity index (χ3v) is 8.23. The highest BCUT2D eigenvalue weighted by atomic mass is 32.2. The van der Waals surface area contributed by atoms with Crippen LogP contribution in [-0.4, -0.2) is 21.0 Å². The highest BCUT2D eigenvalue weighted by Crippen LogP contribution is 2.63. The number of nitrogens with one attached hydrogen (secondary N) is 2. The van der Waals surface area contributed by atoms with E-state index in [2.05, 4.69) is 37.7 Å². The highest BCUT2D eigenvalue weighted by Gasteiger charge is 2.66. The molecule has 1 aromatic heterocycles. The molecule has 1 saturated carbocycles. The molecule has 4 nitrogen and oxygen atoms in total. The first-order valence-corrected chi connectivity index (χ1v) is 9.66. The number of aryl methyl sites for hydroxylation is 1. The van der Waals surface area contributed by atoms with E-state index in [0.717, 1.165) is 23.5 Å². The van der Waals surface area contributed by atoms with Crippen LogP contribution in [0.3, 0.4) is 0 Å². The summed E-state index contributed by atoms with van der Waals surface area (Å²) < 4.78 is 28.5. The van der Waals surface area contributed by atoms with E-state index in [1.807, 2.05) is 13.8 Å². The summed E-state index contributed by atoms with van der Waals surface area (Å²) in [6.45, 7) is 14.0. The minimum Gasteiger partial charge on any atom is -0.312 e. The van der Waals surface area contributed by atoms with Gasteiger partial charge in [0.2, 0.25) is 10.0 Å². The summed E-state index contributed by atoms with van der Waals surface area (Å²) in [7, 11) is -3.43. The van der Waals surface area contributed by atoms with Gasteiger partial charge in [0.15, 0.2) is 0 Å². The first-order chi connectivity index (χ1) is 9.54. The van der Waals surface area contributed by atoms with Crippen molar-refractivity contribution in [3.8, 4) is 0 Å². The van der Waals surface area contributed by atoms with Gasteiger partial charge in [0, 0.05) is 17.5 Å². The molecule has 1 aromatic rings. The summed E-state index contributed by atoms with van der Waals surface area (Å²) in [5.41, 5.74) is 1.04. The Balaban J connectivity index is 2.18. The van der Waals surface area contributed by atoms with Gasteiger partial charge in [-0.3, -0.25) is 0 Å². The van der Waals surface area contributed by atoms with Gasteiger partial charge in [-0.15, -0.1) is 11.3 Å². The number of sulfonamides is 1. The summed E-state index contributed by atoms with van der Waals surface area (Å²) >= 11 is 1.36. The fraction of sp³-hybridized carbons (Fsp3) is 0.733. The Kier molecular flexibility index (Phi) is 4.30. The third-order valence-electron chi connectivity index (χ3n) is 5.09. The van der Waals surface area contributed by atoms with Crippen LogP contribution in [0.1, 0.15) is 45.1 Å². The SMILES string of the molecule is CCNCc1sc(S(=O)(=O)NC2C(C)(C)C2(C)C)cc1C. The molecule has 0 unspecified atom stereocenters. The van der Waals surface area contributed by atoms with Crippen LogP contribution in [0.2, 0.25) is 0 Å². The zero-order valence-corrected chi connectivity index (χ0v) is 15.3. The molecule has 6 heteroatoms. The molecule has 0 amide bonds. The Labute approximate surface area is 132 Å². The van der Waals surface area contributed by atoms with Crippen LogP contribution in [0.5, 0.6) is 0 Å². The monoisotopic (exact) mass is 330 g/mol. The summed E-state index contributed by atoms with van der Waals surface area (Å²) in [4.78, 5) is 1.09. The van der Waals surface area contributed by atoms with Crippen molar-refractivity contribution < 1.29 is 8.42 Å². The van der Waals surface area contributed by atoms with Crippen LogP contribution < -0.4 is 10.0 Å². The predicted molar refractivity (Wildman–Crippen MR) is 88.1 cm³/mol. The van der Waals surface area contributed by atoms with Crippen molar-refractivity contribution in [3.63, 3.8) is 0 Å². The van der Waals surface area contributed by atoms with Crippen LogP contribution in [0, 0.1) is 17.8 Å². The van der Waals surface area contributed by atoms with E-state index >= 15 is 0 Å². The number of hydrogen-bond acceptors (Lipinski definition) is 4. The maximum Gasteiger partial charge on any atom is 0.250 e. The minimum absolute atomic E-state index is 0.00102. The lowest BCUT2D eigenvalue weighted by atomic mass is 10.0. The van der Waals surface area contributed by atoms with Crippen LogP contribution >= 0.6 is 11.3 Å². The molecule has 0 atom stereocenters. The zero-order chi connectivity index (χ0) is 16.1. The van der Waals surface area contributed by atoms with Crippen molar-refractivity contribution in [1.82, 2.24) is 10.0 Å². The van der Waals surface area contributed by atoms with E-state index in [4.69, 9.17) is 0 Å².